The van der Waals surface area contributed by atoms with Gasteiger partial charge in [-0.05, 0) is 12.8 Å². The van der Waals surface area contributed by atoms with Crippen molar-refractivity contribution in [2.24, 2.45) is 0 Å². The summed E-state index contributed by atoms with van der Waals surface area (Å²) in [5, 5.41) is 28.5. The molecule has 0 aliphatic carbocycles. The van der Waals surface area contributed by atoms with Gasteiger partial charge in [0.05, 0.1) is 19.8 Å². The van der Waals surface area contributed by atoms with Crippen LogP contribution in [0.2, 0.25) is 0 Å². The van der Waals surface area contributed by atoms with Crippen molar-refractivity contribution in [1.29, 1.82) is 0 Å². The molecule has 0 saturated carbocycles. The molecule has 1 fully saturated rings. The van der Waals surface area contributed by atoms with Crippen LogP contribution in [0.3, 0.4) is 0 Å². The van der Waals surface area contributed by atoms with Crippen LogP contribution in [0.5, 0.6) is 0 Å². The van der Waals surface area contributed by atoms with Gasteiger partial charge in [0.1, 0.15) is 24.4 Å². The zero-order valence-electron chi connectivity index (χ0n) is 13.7. The fourth-order valence-corrected chi connectivity index (χ4v) is 2.61. The van der Waals surface area contributed by atoms with E-state index < -0.39 is 24.4 Å². The highest BCUT2D eigenvalue weighted by molar-refractivity contribution is 4.89. The highest BCUT2D eigenvalue weighted by Crippen LogP contribution is 2.19. The van der Waals surface area contributed by atoms with E-state index in [2.05, 4.69) is 13.0 Å². The highest BCUT2D eigenvalue weighted by Gasteiger charge is 2.40. The lowest BCUT2D eigenvalue weighted by Crippen LogP contribution is -2.42. The number of unbranched alkanes of at least 4 members (excludes halogenated alkanes) is 6. The second kappa shape index (κ2) is 12.0. The molecule has 3 N–H and O–H groups in total. The summed E-state index contributed by atoms with van der Waals surface area (Å²) in [4.78, 5) is 0. The number of hydrogen-bond acceptors (Lipinski definition) is 5. The van der Waals surface area contributed by atoms with E-state index >= 15 is 0 Å². The summed E-state index contributed by atoms with van der Waals surface area (Å²) in [7, 11) is 0. The number of allylic oxidation sites excluding steroid dienone is 1. The fourth-order valence-electron chi connectivity index (χ4n) is 2.61. The molecule has 4 atom stereocenters. The molecule has 0 aromatic rings. The first-order valence-corrected chi connectivity index (χ1v) is 8.55. The molecule has 1 rings (SSSR count). The Morgan fingerprint density at radius 1 is 1.14 bits per heavy atom. The number of ether oxygens (including phenoxy) is 2. The summed E-state index contributed by atoms with van der Waals surface area (Å²) in [6.07, 6.45) is 9.62. The van der Waals surface area contributed by atoms with E-state index in [0.29, 0.717) is 6.61 Å². The fraction of sp³-hybridized carbons (Fsp3) is 0.882. The smallest absolute Gasteiger partial charge is 0.114 e. The van der Waals surface area contributed by atoms with Crippen LogP contribution in [0, 0.1) is 0 Å². The third kappa shape index (κ3) is 7.20. The van der Waals surface area contributed by atoms with E-state index in [9.17, 15) is 15.3 Å². The summed E-state index contributed by atoms with van der Waals surface area (Å²) in [5.41, 5.74) is 0. The quantitative estimate of drug-likeness (QED) is 0.378. The maximum atomic E-state index is 9.74. The van der Waals surface area contributed by atoms with Gasteiger partial charge in [0.2, 0.25) is 0 Å². The Morgan fingerprint density at radius 2 is 1.86 bits per heavy atom. The summed E-state index contributed by atoms with van der Waals surface area (Å²) < 4.78 is 10.8. The van der Waals surface area contributed by atoms with Crippen LogP contribution in [0.1, 0.15) is 51.9 Å². The van der Waals surface area contributed by atoms with Gasteiger partial charge >= 0.3 is 0 Å². The first-order valence-electron chi connectivity index (χ1n) is 8.55. The predicted molar refractivity (Wildman–Crippen MR) is 85.7 cm³/mol. The van der Waals surface area contributed by atoms with Crippen molar-refractivity contribution >= 4 is 0 Å². The molecule has 0 aromatic heterocycles. The number of rotatable bonds is 12. The van der Waals surface area contributed by atoms with Crippen LogP contribution in [0.25, 0.3) is 0 Å². The molecule has 0 aromatic carbocycles. The molecule has 0 spiro atoms. The second-order valence-electron chi connectivity index (χ2n) is 5.94. The van der Waals surface area contributed by atoms with Crippen molar-refractivity contribution in [3.05, 3.63) is 12.2 Å². The van der Waals surface area contributed by atoms with E-state index in [1.54, 1.807) is 0 Å². The Balaban J connectivity index is 2.07. The van der Waals surface area contributed by atoms with Gasteiger partial charge in [0.15, 0.2) is 0 Å². The molecular weight excluding hydrogens is 284 g/mol. The Kier molecular flexibility index (Phi) is 10.7. The third-order valence-electron chi connectivity index (χ3n) is 4.03. The Hall–Kier alpha value is -0.460. The van der Waals surface area contributed by atoms with Crippen LogP contribution < -0.4 is 0 Å². The van der Waals surface area contributed by atoms with Crippen molar-refractivity contribution in [2.45, 2.75) is 76.3 Å². The SMILES string of the molecule is CCCCCCCC/C=C/CO[C@H](CO)[C@H]1OC[C@H](O)[C@H]1O. The van der Waals surface area contributed by atoms with Crippen LogP contribution in [-0.4, -0.2) is 59.6 Å². The summed E-state index contributed by atoms with van der Waals surface area (Å²) in [5.74, 6) is 0. The van der Waals surface area contributed by atoms with Gasteiger partial charge in [-0.15, -0.1) is 0 Å². The molecule has 1 heterocycles. The van der Waals surface area contributed by atoms with Gasteiger partial charge in [0, 0.05) is 0 Å². The maximum Gasteiger partial charge on any atom is 0.114 e. The Labute approximate surface area is 133 Å². The molecule has 130 valence electrons. The van der Waals surface area contributed by atoms with E-state index in [4.69, 9.17) is 9.47 Å². The lowest BCUT2D eigenvalue weighted by Gasteiger charge is -2.23. The minimum atomic E-state index is -0.996. The van der Waals surface area contributed by atoms with Crippen molar-refractivity contribution in [3.63, 3.8) is 0 Å². The first-order chi connectivity index (χ1) is 10.7. The van der Waals surface area contributed by atoms with E-state index in [0.717, 1.165) is 6.42 Å². The van der Waals surface area contributed by atoms with Crippen LogP contribution in [0.15, 0.2) is 12.2 Å². The maximum absolute atomic E-state index is 9.74. The lowest BCUT2D eigenvalue weighted by molar-refractivity contribution is -0.0942. The zero-order valence-corrected chi connectivity index (χ0v) is 13.7. The molecule has 0 unspecified atom stereocenters. The molecule has 0 radical (unpaired) electrons. The standard InChI is InChI=1S/C17H32O5/c1-2-3-4-5-6-7-8-9-10-11-21-15(12-18)17-16(20)14(19)13-22-17/h9-10,14-20H,2-8,11-13H2,1H3/b10-9+/t14-,15+,16+,17+/m0/s1. The van der Waals surface area contributed by atoms with E-state index in [1.807, 2.05) is 6.08 Å². The molecule has 1 aliphatic heterocycles. The van der Waals surface area contributed by atoms with Crippen LogP contribution in [0.4, 0.5) is 0 Å². The van der Waals surface area contributed by atoms with Crippen molar-refractivity contribution in [1.82, 2.24) is 0 Å². The zero-order chi connectivity index (χ0) is 16.2. The van der Waals surface area contributed by atoms with Gasteiger partial charge in [-0.2, -0.15) is 0 Å². The Bertz CT molecular complexity index is 295. The van der Waals surface area contributed by atoms with Gasteiger partial charge in [0.25, 0.3) is 0 Å². The predicted octanol–water partition coefficient (Wildman–Crippen LogP) is 1.79. The molecular formula is C17H32O5. The summed E-state index contributed by atoms with van der Waals surface area (Å²) in [6, 6.07) is 0. The Morgan fingerprint density at radius 3 is 2.50 bits per heavy atom. The van der Waals surface area contributed by atoms with E-state index in [-0.39, 0.29) is 13.2 Å². The van der Waals surface area contributed by atoms with Gasteiger partial charge in [-0.25, -0.2) is 0 Å². The number of aliphatic hydroxyl groups is 3. The minimum absolute atomic E-state index is 0.0829. The topological polar surface area (TPSA) is 79.2 Å². The first kappa shape index (κ1) is 19.6. The third-order valence-corrected chi connectivity index (χ3v) is 4.03. The minimum Gasteiger partial charge on any atom is -0.394 e. The normalized spacial score (nSPS) is 26.8. The van der Waals surface area contributed by atoms with E-state index in [1.165, 1.54) is 38.5 Å². The van der Waals surface area contributed by atoms with Gasteiger partial charge in [-0.1, -0.05) is 51.2 Å². The monoisotopic (exact) mass is 316 g/mol. The van der Waals surface area contributed by atoms with Crippen molar-refractivity contribution in [2.75, 3.05) is 19.8 Å². The molecule has 1 aliphatic rings. The molecule has 0 bridgehead atoms. The molecule has 22 heavy (non-hydrogen) atoms. The summed E-state index contributed by atoms with van der Waals surface area (Å²) in [6.45, 7) is 2.45. The average molecular weight is 316 g/mol. The van der Waals surface area contributed by atoms with Crippen LogP contribution in [-0.2, 0) is 9.47 Å². The molecule has 1 saturated heterocycles. The highest BCUT2D eigenvalue weighted by atomic mass is 16.6. The largest absolute Gasteiger partial charge is 0.394 e. The molecule has 5 nitrogen and oxygen atoms in total. The van der Waals surface area contributed by atoms with Gasteiger partial charge in [-0.3, -0.25) is 0 Å². The average Bonchev–Trinajstić information content (AvgIpc) is 2.85. The number of aliphatic hydroxyl groups excluding tert-OH is 3. The van der Waals surface area contributed by atoms with Crippen LogP contribution >= 0.6 is 0 Å². The second-order valence-corrected chi connectivity index (χ2v) is 5.94. The molecule has 5 heteroatoms. The summed E-state index contributed by atoms with van der Waals surface area (Å²) >= 11 is 0. The van der Waals surface area contributed by atoms with Gasteiger partial charge < -0.3 is 24.8 Å². The van der Waals surface area contributed by atoms with Crippen molar-refractivity contribution in [3.8, 4) is 0 Å². The lowest BCUT2D eigenvalue weighted by atomic mass is 10.1. The van der Waals surface area contributed by atoms with Crippen molar-refractivity contribution < 1.29 is 24.8 Å². The number of hydrogen-bond donors (Lipinski definition) is 3. The molecule has 0 amide bonds.